The lowest BCUT2D eigenvalue weighted by atomic mass is 10.1. The summed E-state index contributed by atoms with van der Waals surface area (Å²) in [5.74, 6) is 1.48. The quantitative estimate of drug-likeness (QED) is 0.689. The lowest BCUT2D eigenvalue weighted by molar-refractivity contribution is 0.312. The summed E-state index contributed by atoms with van der Waals surface area (Å²) in [5, 5.41) is 16.2. The zero-order chi connectivity index (χ0) is 13.1. The number of oxime groups is 1. The number of hydrogen-bond donors (Lipinski definition) is 1. The Morgan fingerprint density at radius 3 is 3.11 bits per heavy atom. The van der Waals surface area contributed by atoms with Crippen LogP contribution in [-0.4, -0.2) is 24.1 Å². The third-order valence-electron chi connectivity index (χ3n) is 2.99. The van der Waals surface area contributed by atoms with Crippen LogP contribution < -0.4 is 9.47 Å². The van der Waals surface area contributed by atoms with Crippen molar-refractivity contribution in [2.24, 2.45) is 5.16 Å². The molecule has 0 fully saturated rings. The molecule has 3 rings (SSSR count). The molecule has 1 aromatic carbocycles. The van der Waals surface area contributed by atoms with Gasteiger partial charge in [-0.2, -0.15) is 11.3 Å². The average molecular weight is 275 g/mol. The first-order valence-electron chi connectivity index (χ1n) is 5.99. The predicted octanol–water partition coefficient (Wildman–Crippen LogP) is 2.94. The summed E-state index contributed by atoms with van der Waals surface area (Å²) >= 11 is 1.69. The molecular formula is C14H13NO3S. The molecule has 0 aliphatic carbocycles. The monoisotopic (exact) mass is 275 g/mol. The molecule has 5 heteroatoms. The number of fused-ring (bicyclic) bond motifs is 1. The second kappa shape index (κ2) is 5.32. The molecule has 1 N–H and O–H groups in total. The van der Waals surface area contributed by atoms with E-state index in [2.05, 4.69) is 22.0 Å². The summed E-state index contributed by atoms with van der Waals surface area (Å²) in [5.41, 5.74) is 2.67. The largest absolute Gasteiger partial charge is 0.493 e. The molecule has 2 aromatic rings. The molecule has 0 saturated carbocycles. The molecule has 1 aliphatic heterocycles. The van der Waals surface area contributed by atoms with Gasteiger partial charge in [-0.1, -0.05) is 5.16 Å². The number of hydrogen-bond acceptors (Lipinski definition) is 5. The first-order chi connectivity index (χ1) is 9.36. The van der Waals surface area contributed by atoms with Crippen LogP contribution in [0.5, 0.6) is 11.5 Å². The Labute approximate surface area is 114 Å². The highest BCUT2D eigenvalue weighted by molar-refractivity contribution is 7.07. The van der Waals surface area contributed by atoms with Crippen molar-refractivity contribution in [3.8, 4) is 11.5 Å². The van der Waals surface area contributed by atoms with Crippen LogP contribution in [0.4, 0.5) is 0 Å². The van der Waals surface area contributed by atoms with Crippen LogP contribution in [0.3, 0.4) is 0 Å². The lowest BCUT2D eigenvalue weighted by Gasteiger charge is -2.06. The molecule has 0 bridgehead atoms. The fourth-order valence-electron chi connectivity index (χ4n) is 1.98. The molecule has 0 atom stereocenters. The van der Waals surface area contributed by atoms with Crippen molar-refractivity contribution in [1.29, 1.82) is 0 Å². The van der Waals surface area contributed by atoms with Crippen molar-refractivity contribution in [3.63, 3.8) is 0 Å². The van der Waals surface area contributed by atoms with E-state index in [4.69, 9.17) is 14.7 Å². The minimum absolute atomic E-state index is 0.310. The van der Waals surface area contributed by atoms with Crippen LogP contribution in [-0.2, 0) is 6.42 Å². The Bertz CT molecular complexity index is 593. The van der Waals surface area contributed by atoms with Crippen LogP contribution >= 0.6 is 11.3 Å². The molecule has 98 valence electrons. The highest BCUT2D eigenvalue weighted by atomic mass is 32.1. The van der Waals surface area contributed by atoms with Crippen LogP contribution in [0.15, 0.2) is 40.2 Å². The predicted molar refractivity (Wildman–Crippen MR) is 73.8 cm³/mol. The molecule has 19 heavy (non-hydrogen) atoms. The summed E-state index contributed by atoms with van der Waals surface area (Å²) in [7, 11) is 0. The smallest absolute Gasteiger partial charge is 0.134 e. The number of rotatable bonds is 4. The second-order valence-electron chi connectivity index (χ2n) is 4.22. The maximum Gasteiger partial charge on any atom is 0.134 e. The molecule has 0 unspecified atom stereocenters. The van der Waals surface area contributed by atoms with Gasteiger partial charge < -0.3 is 14.7 Å². The standard InChI is InChI=1S/C14H13NO3S/c16-15-13-8-18-14-7-11(1-2-12(13)14)17-5-3-10-4-6-19-9-10/h1-2,4,6-7,9,16H,3,5,8H2. The van der Waals surface area contributed by atoms with E-state index in [1.165, 1.54) is 5.56 Å². The lowest BCUT2D eigenvalue weighted by Crippen LogP contribution is -2.01. The van der Waals surface area contributed by atoms with Gasteiger partial charge in [-0.15, -0.1) is 0 Å². The molecule has 1 aromatic heterocycles. The minimum atomic E-state index is 0.310. The van der Waals surface area contributed by atoms with Gasteiger partial charge in [0.15, 0.2) is 0 Å². The van der Waals surface area contributed by atoms with Gasteiger partial charge in [-0.25, -0.2) is 0 Å². The Morgan fingerprint density at radius 2 is 2.32 bits per heavy atom. The summed E-state index contributed by atoms with van der Waals surface area (Å²) in [6.07, 6.45) is 0.894. The van der Waals surface area contributed by atoms with E-state index in [1.54, 1.807) is 11.3 Å². The van der Waals surface area contributed by atoms with Gasteiger partial charge in [0.1, 0.15) is 23.8 Å². The maximum absolute atomic E-state index is 8.81. The highest BCUT2D eigenvalue weighted by Crippen LogP contribution is 2.29. The number of ether oxygens (including phenoxy) is 2. The van der Waals surface area contributed by atoms with E-state index in [1.807, 2.05) is 18.2 Å². The van der Waals surface area contributed by atoms with Gasteiger partial charge in [-0.3, -0.25) is 0 Å². The zero-order valence-electron chi connectivity index (χ0n) is 10.2. The summed E-state index contributed by atoms with van der Waals surface area (Å²) < 4.78 is 11.1. The van der Waals surface area contributed by atoms with E-state index in [-0.39, 0.29) is 0 Å². The fraction of sp³-hybridized carbons (Fsp3) is 0.214. The Morgan fingerprint density at radius 1 is 1.37 bits per heavy atom. The molecule has 1 aliphatic rings. The molecule has 2 heterocycles. The zero-order valence-corrected chi connectivity index (χ0v) is 11.0. The second-order valence-corrected chi connectivity index (χ2v) is 5.00. The maximum atomic E-state index is 8.81. The first-order valence-corrected chi connectivity index (χ1v) is 6.93. The van der Waals surface area contributed by atoms with Crippen molar-refractivity contribution in [3.05, 3.63) is 46.2 Å². The number of benzene rings is 1. The van der Waals surface area contributed by atoms with Crippen LogP contribution in [0.25, 0.3) is 0 Å². The third-order valence-corrected chi connectivity index (χ3v) is 3.72. The molecular weight excluding hydrogens is 262 g/mol. The summed E-state index contributed by atoms with van der Waals surface area (Å²) in [6, 6.07) is 7.66. The normalized spacial score (nSPS) is 15.3. The van der Waals surface area contributed by atoms with Gasteiger partial charge in [0.25, 0.3) is 0 Å². The van der Waals surface area contributed by atoms with Gasteiger partial charge in [0, 0.05) is 18.1 Å². The Hall–Kier alpha value is -2.01. The number of thiophene rings is 1. The number of nitrogens with zero attached hydrogens (tertiary/aromatic N) is 1. The Kier molecular flexibility index (Phi) is 3.37. The van der Waals surface area contributed by atoms with Gasteiger partial charge in [-0.05, 0) is 34.5 Å². The van der Waals surface area contributed by atoms with Gasteiger partial charge in [0.2, 0.25) is 0 Å². The van der Waals surface area contributed by atoms with Crippen LogP contribution in [0.1, 0.15) is 11.1 Å². The highest BCUT2D eigenvalue weighted by Gasteiger charge is 2.20. The molecule has 4 nitrogen and oxygen atoms in total. The molecule has 0 amide bonds. The van der Waals surface area contributed by atoms with Crippen molar-refractivity contribution < 1.29 is 14.7 Å². The van der Waals surface area contributed by atoms with E-state index in [9.17, 15) is 0 Å². The summed E-state index contributed by atoms with van der Waals surface area (Å²) in [6.45, 7) is 0.945. The van der Waals surface area contributed by atoms with E-state index >= 15 is 0 Å². The first kappa shape index (κ1) is 12.0. The molecule has 0 spiro atoms. The third kappa shape index (κ3) is 2.56. The van der Waals surface area contributed by atoms with Crippen molar-refractivity contribution in [2.75, 3.05) is 13.2 Å². The van der Waals surface area contributed by atoms with Gasteiger partial charge >= 0.3 is 0 Å². The van der Waals surface area contributed by atoms with E-state index in [0.717, 1.165) is 17.7 Å². The molecule has 0 radical (unpaired) electrons. The topological polar surface area (TPSA) is 51.1 Å². The van der Waals surface area contributed by atoms with Crippen LogP contribution in [0, 0.1) is 0 Å². The van der Waals surface area contributed by atoms with Crippen molar-refractivity contribution >= 4 is 17.0 Å². The van der Waals surface area contributed by atoms with Gasteiger partial charge in [0.05, 0.1) is 6.61 Å². The summed E-state index contributed by atoms with van der Waals surface area (Å²) in [4.78, 5) is 0. The van der Waals surface area contributed by atoms with Crippen LogP contribution in [0.2, 0.25) is 0 Å². The van der Waals surface area contributed by atoms with Crippen molar-refractivity contribution in [2.45, 2.75) is 6.42 Å². The average Bonchev–Trinajstić information content (AvgIpc) is 3.07. The van der Waals surface area contributed by atoms with Crippen molar-refractivity contribution in [1.82, 2.24) is 0 Å². The minimum Gasteiger partial charge on any atom is -0.493 e. The molecule has 0 saturated heterocycles. The Balaban J connectivity index is 1.64. The SMILES string of the molecule is ON=C1COc2cc(OCCc3ccsc3)ccc21. The van der Waals surface area contributed by atoms with E-state index in [0.29, 0.717) is 24.7 Å². The fourth-order valence-corrected chi connectivity index (χ4v) is 2.68. The van der Waals surface area contributed by atoms with E-state index < -0.39 is 0 Å².